The minimum atomic E-state index is 0.481. The maximum atomic E-state index is 4.46. The number of pyridine rings is 2. The Kier molecular flexibility index (Phi) is 6.92. The van der Waals surface area contributed by atoms with E-state index >= 15 is 0 Å². The average Bonchev–Trinajstić information content (AvgIpc) is 3.46. The fraction of sp³-hybridized carbons (Fsp3) is 0.0909. The van der Waals surface area contributed by atoms with Gasteiger partial charge in [-0.3, -0.25) is 9.97 Å². The highest BCUT2D eigenvalue weighted by Crippen LogP contribution is 2.57. The van der Waals surface area contributed by atoms with E-state index < -0.39 is 0 Å². The van der Waals surface area contributed by atoms with E-state index in [0.717, 1.165) is 39.8 Å². The molecule has 0 aliphatic heterocycles. The summed E-state index contributed by atoms with van der Waals surface area (Å²) < 4.78 is 0. The van der Waals surface area contributed by atoms with E-state index in [9.17, 15) is 0 Å². The number of benzene rings is 4. The number of aromatic nitrogens is 2. The van der Waals surface area contributed by atoms with Crippen LogP contribution in [0.3, 0.4) is 0 Å². The Hall–Kier alpha value is -5.60. The van der Waals surface area contributed by atoms with Crippen molar-refractivity contribution in [1.82, 2.24) is 9.97 Å². The van der Waals surface area contributed by atoms with Gasteiger partial charge >= 0.3 is 0 Å². The molecule has 2 aliphatic rings. The SMILES string of the molecule is C=CC(=CC)c1cc(-c2cc(-c3cccnc3)cc(-c3cccnc3)c2)c(-c2ccccc2)c2c1-c1cccc3c1C2=CCC3C. The van der Waals surface area contributed by atoms with Gasteiger partial charge in [0.1, 0.15) is 0 Å². The topological polar surface area (TPSA) is 25.8 Å². The number of fused-ring (bicyclic) bond motifs is 3. The van der Waals surface area contributed by atoms with E-state index in [0.29, 0.717) is 5.92 Å². The molecular weight excluding hydrogens is 556 g/mol. The molecule has 0 radical (unpaired) electrons. The molecule has 0 bridgehead atoms. The van der Waals surface area contributed by atoms with Gasteiger partial charge in [0, 0.05) is 35.9 Å². The number of nitrogens with zero attached hydrogens (tertiary/aromatic N) is 2. The lowest BCUT2D eigenvalue weighted by molar-refractivity contribution is 0.770. The molecule has 220 valence electrons. The first-order valence-corrected chi connectivity index (χ1v) is 16.0. The smallest absolute Gasteiger partial charge is 0.0346 e. The Bertz CT molecular complexity index is 2130. The summed E-state index contributed by atoms with van der Waals surface area (Å²) in [5.41, 5.74) is 19.7. The maximum Gasteiger partial charge on any atom is 0.0346 e. The molecule has 6 aromatic rings. The van der Waals surface area contributed by atoms with Crippen LogP contribution in [0.2, 0.25) is 0 Å². The summed E-state index contributed by atoms with van der Waals surface area (Å²) in [6.07, 6.45) is 15.2. The van der Waals surface area contributed by atoms with Gasteiger partial charge < -0.3 is 0 Å². The molecule has 2 heterocycles. The monoisotopic (exact) mass is 590 g/mol. The van der Waals surface area contributed by atoms with Gasteiger partial charge in [0.05, 0.1) is 0 Å². The van der Waals surface area contributed by atoms with Crippen molar-refractivity contribution in [2.45, 2.75) is 26.2 Å². The Morgan fingerprint density at radius 2 is 1.33 bits per heavy atom. The van der Waals surface area contributed by atoms with E-state index in [1.54, 1.807) is 0 Å². The first kappa shape index (κ1) is 27.9. The van der Waals surface area contributed by atoms with Crippen LogP contribution >= 0.6 is 0 Å². The van der Waals surface area contributed by atoms with Crippen LogP contribution in [-0.4, -0.2) is 9.97 Å². The molecule has 4 aromatic carbocycles. The van der Waals surface area contributed by atoms with Crippen molar-refractivity contribution >= 4 is 11.1 Å². The van der Waals surface area contributed by atoms with Gasteiger partial charge in [-0.1, -0.05) is 92.4 Å². The Morgan fingerprint density at radius 3 is 1.96 bits per heavy atom. The van der Waals surface area contributed by atoms with Gasteiger partial charge in [-0.05, 0) is 134 Å². The van der Waals surface area contributed by atoms with E-state index in [-0.39, 0.29) is 0 Å². The lowest BCUT2D eigenvalue weighted by Gasteiger charge is -2.23. The molecule has 1 unspecified atom stereocenters. The van der Waals surface area contributed by atoms with E-state index in [1.165, 1.54) is 55.6 Å². The molecule has 0 fully saturated rings. The van der Waals surface area contributed by atoms with Gasteiger partial charge in [0.2, 0.25) is 0 Å². The minimum Gasteiger partial charge on any atom is -0.264 e. The van der Waals surface area contributed by atoms with Crippen LogP contribution in [0.4, 0.5) is 0 Å². The average molecular weight is 591 g/mol. The Labute approximate surface area is 271 Å². The molecule has 2 heteroatoms. The molecule has 2 aromatic heterocycles. The van der Waals surface area contributed by atoms with Crippen LogP contribution in [0.15, 0.2) is 147 Å². The molecule has 8 rings (SSSR count). The lowest BCUT2D eigenvalue weighted by atomic mass is 9.80. The van der Waals surface area contributed by atoms with Gasteiger partial charge in [0.25, 0.3) is 0 Å². The van der Waals surface area contributed by atoms with Crippen molar-refractivity contribution in [3.8, 4) is 55.6 Å². The standard InChI is InChI=1S/C44H34N2/c1-4-29(5-2)39-25-40(35-23-33(31-14-10-20-45-26-31)22-34(24-35)32-15-11-21-46-27-32)41(30-12-7-6-8-13-30)44-38-19-18-28(3)36-16-9-17-37(42(36)38)43(39)44/h4-17,19-28H,1,18H2,2-3H3. The van der Waals surface area contributed by atoms with Gasteiger partial charge in [-0.25, -0.2) is 0 Å². The zero-order valence-corrected chi connectivity index (χ0v) is 26.2. The first-order valence-electron chi connectivity index (χ1n) is 16.0. The van der Waals surface area contributed by atoms with Crippen LogP contribution in [0, 0.1) is 0 Å². The number of hydrogen-bond acceptors (Lipinski definition) is 2. The number of rotatable bonds is 6. The van der Waals surface area contributed by atoms with E-state index in [1.807, 2.05) is 43.0 Å². The fourth-order valence-electron chi connectivity index (χ4n) is 7.40. The number of hydrogen-bond donors (Lipinski definition) is 0. The molecule has 0 spiro atoms. The van der Waals surface area contributed by atoms with Crippen LogP contribution in [0.5, 0.6) is 0 Å². The van der Waals surface area contributed by atoms with E-state index in [4.69, 9.17) is 0 Å². The molecule has 2 aliphatic carbocycles. The van der Waals surface area contributed by atoms with Crippen molar-refractivity contribution in [1.29, 1.82) is 0 Å². The van der Waals surface area contributed by atoms with Crippen molar-refractivity contribution in [3.63, 3.8) is 0 Å². The summed E-state index contributed by atoms with van der Waals surface area (Å²) in [4.78, 5) is 8.93. The highest BCUT2D eigenvalue weighted by molar-refractivity contribution is 6.13. The Morgan fingerprint density at radius 1 is 0.652 bits per heavy atom. The van der Waals surface area contributed by atoms with Crippen molar-refractivity contribution < 1.29 is 0 Å². The third-order valence-corrected chi connectivity index (χ3v) is 9.58. The predicted molar refractivity (Wildman–Crippen MR) is 193 cm³/mol. The normalized spacial score (nSPS) is 14.8. The third kappa shape index (κ3) is 4.49. The van der Waals surface area contributed by atoms with Gasteiger partial charge in [0.15, 0.2) is 0 Å². The molecule has 46 heavy (non-hydrogen) atoms. The predicted octanol–water partition coefficient (Wildman–Crippen LogP) is 11.7. The number of allylic oxidation sites excluding steroid dienone is 4. The van der Waals surface area contributed by atoms with Gasteiger partial charge in [-0.15, -0.1) is 0 Å². The van der Waals surface area contributed by atoms with Crippen molar-refractivity contribution in [2.24, 2.45) is 0 Å². The fourth-order valence-corrected chi connectivity index (χ4v) is 7.40. The molecule has 2 nitrogen and oxygen atoms in total. The lowest BCUT2D eigenvalue weighted by Crippen LogP contribution is -2.03. The summed E-state index contributed by atoms with van der Waals surface area (Å²) in [5.74, 6) is 0.481. The minimum absolute atomic E-state index is 0.481. The second kappa shape index (κ2) is 11.4. The Balaban J connectivity index is 1.52. The zero-order chi connectivity index (χ0) is 31.2. The van der Waals surface area contributed by atoms with Crippen molar-refractivity contribution in [2.75, 3.05) is 0 Å². The maximum absolute atomic E-state index is 4.46. The van der Waals surface area contributed by atoms with Crippen LogP contribution < -0.4 is 0 Å². The summed E-state index contributed by atoms with van der Waals surface area (Å²) in [6, 6.07) is 35.4. The summed E-state index contributed by atoms with van der Waals surface area (Å²) >= 11 is 0. The summed E-state index contributed by atoms with van der Waals surface area (Å²) in [7, 11) is 0. The van der Waals surface area contributed by atoms with Crippen molar-refractivity contribution in [3.05, 3.63) is 169 Å². The quantitative estimate of drug-likeness (QED) is 0.180. The second-order valence-electron chi connectivity index (χ2n) is 12.2. The van der Waals surface area contributed by atoms with Crippen LogP contribution in [0.1, 0.15) is 48.4 Å². The highest BCUT2D eigenvalue weighted by Gasteiger charge is 2.35. The molecule has 0 saturated heterocycles. The summed E-state index contributed by atoms with van der Waals surface area (Å²) in [6.45, 7) is 8.73. The molecule has 1 atom stereocenters. The third-order valence-electron chi connectivity index (χ3n) is 9.58. The summed E-state index contributed by atoms with van der Waals surface area (Å²) in [5, 5.41) is 0. The molecule has 0 saturated carbocycles. The molecule has 0 amide bonds. The van der Waals surface area contributed by atoms with Crippen LogP contribution in [-0.2, 0) is 0 Å². The largest absolute Gasteiger partial charge is 0.264 e. The van der Waals surface area contributed by atoms with Crippen LogP contribution in [0.25, 0.3) is 66.8 Å². The molecule has 0 N–H and O–H groups in total. The highest BCUT2D eigenvalue weighted by atomic mass is 14.6. The molecular formula is C44H34N2. The van der Waals surface area contributed by atoms with E-state index in [2.05, 4.69) is 127 Å². The zero-order valence-electron chi connectivity index (χ0n) is 26.2. The first-order chi connectivity index (χ1) is 22.7. The second-order valence-corrected chi connectivity index (χ2v) is 12.2. The van der Waals surface area contributed by atoms with Gasteiger partial charge in [-0.2, -0.15) is 0 Å².